The van der Waals surface area contributed by atoms with Gasteiger partial charge >= 0.3 is 33.6 Å². The summed E-state index contributed by atoms with van der Waals surface area (Å²) in [5.74, 6) is -1.59. The Bertz CT molecular complexity index is 2240. The molecule has 0 aromatic heterocycles. The number of phosphoric acid groups is 2. The summed E-state index contributed by atoms with van der Waals surface area (Å²) in [4.78, 5) is 58.6. The van der Waals surface area contributed by atoms with Crippen molar-refractivity contribution in [2.75, 3.05) is 39.6 Å². The van der Waals surface area contributed by atoms with Crippen LogP contribution in [0.25, 0.3) is 0 Å². The SMILES string of the molecule is CC/C=C\C/C=C\C/C=C\C/C=C\C/C=C\CCCCCCCCCCCCCC(=O)OCC(O)COP(=O)(O)OCC(O)COP(=O)(O)OCC(COC(=O)CCCCCCC/C=C\C/C=C\C/C=C\C/C=C\CCCCC)OC(=O)CCCCCCCCCCCCCCCCC. The van der Waals surface area contributed by atoms with Gasteiger partial charge in [0.15, 0.2) is 6.10 Å². The summed E-state index contributed by atoms with van der Waals surface area (Å²) in [6.45, 7) is 2.55. The van der Waals surface area contributed by atoms with Crippen molar-refractivity contribution in [2.45, 2.75) is 347 Å². The molecular weight excluding hydrogens is 1290 g/mol. The molecule has 0 aliphatic heterocycles. The molecule has 0 heterocycles. The van der Waals surface area contributed by atoms with Gasteiger partial charge in [0.2, 0.25) is 0 Å². The number of carbonyl (C=O) groups is 3. The lowest BCUT2D eigenvalue weighted by Crippen LogP contribution is -2.30. The van der Waals surface area contributed by atoms with Crippen molar-refractivity contribution in [1.82, 2.24) is 0 Å². The zero-order valence-electron chi connectivity index (χ0n) is 62.4. The predicted molar refractivity (Wildman–Crippen MR) is 408 cm³/mol. The first-order valence-electron chi connectivity index (χ1n) is 39.2. The van der Waals surface area contributed by atoms with Crippen LogP contribution >= 0.6 is 15.6 Å². The predicted octanol–water partition coefficient (Wildman–Crippen LogP) is 22.8. The van der Waals surface area contributed by atoms with Gasteiger partial charge in [0, 0.05) is 19.3 Å². The minimum Gasteiger partial charge on any atom is -0.463 e. The van der Waals surface area contributed by atoms with Gasteiger partial charge in [0.25, 0.3) is 0 Å². The normalized spacial score (nSPS) is 14.6. The molecule has 0 aromatic carbocycles. The van der Waals surface area contributed by atoms with Crippen LogP contribution in [0, 0.1) is 0 Å². The molecule has 0 spiro atoms. The Morgan fingerprint density at radius 1 is 0.293 bits per heavy atom. The number of unbranched alkanes of at least 4 members (excludes halogenated alkanes) is 33. The van der Waals surface area contributed by atoms with Crippen LogP contribution in [0.1, 0.15) is 329 Å². The van der Waals surface area contributed by atoms with E-state index in [1.165, 1.54) is 135 Å². The number of aliphatic hydroxyl groups is 2. The van der Waals surface area contributed by atoms with Crippen LogP contribution in [0.2, 0.25) is 0 Å². The van der Waals surface area contributed by atoms with Crippen LogP contribution in [0.15, 0.2) is 109 Å². The van der Waals surface area contributed by atoms with Crippen LogP contribution in [0.4, 0.5) is 0 Å². The maximum absolute atomic E-state index is 13.0. The molecule has 0 fully saturated rings. The number of ether oxygens (including phenoxy) is 3. The monoisotopic (exact) mass is 1430 g/mol. The molecule has 5 atom stereocenters. The Balaban J connectivity index is 4.57. The standard InChI is InChI=1S/C81H142O16P2/c1-4-7-10-13-16-19-22-25-28-30-32-34-35-36-37-38-39-41-43-44-47-49-52-55-58-61-64-67-79(84)91-70-76(82)71-93-98(87,88)94-72-77(83)73-95-99(89,90)96-75-78(97-81(86)69-66-63-60-57-54-51-46-27-24-21-18-15-12-9-6-3)74-92-80(85)68-65-62-59-56-53-50-48-45-42-40-33-31-29-26-23-20-17-14-11-8-5-2/h7,10,16-17,19-20,25-26,28-29,32-34,36-37,40,45,48,76-78,82-83H,4-6,8-9,11-15,18,21-24,27,30-31,35,38-39,41-44,46-47,49-75H2,1-3H3,(H,87,88)(H,89,90)/b10-7-,19-16-,20-17-,28-25-,29-26-,34-32-,37-36-,40-33-,48-45-. The van der Waals surface area contributed by atoms with E-state index in [-0.39, 0.29) is 19.3 Å². The Morgan fingerprint density at radius 3 is 0.869 bits per heavy atom. The second kappa shape index (κ2) is 73.9. The summed E-state index contributed by atoms with van der Waals surface area (Å²) in [5, 5.41) is 20.6. The minimum atomic E-state index is -4.93. The van der Waals surface area contributed by atoms with Crippen LogP contribution in [-0.2, 0) is 55.8 Å². The lowest BCUT2D eigenvalue weighted by atomic mass is 10.0. The Kier molecular flexibility index (Phi) is 71.1. The molecule has 0 radical (unpaired) electrons. The summed E-state index contributed by atoms with van der Waals surface area (Å²) in [5.41, 5.74) is 0. The largest absolute Gasteiger partial charge is 0.472 e. The van der Waals surface area contributed by atoms with Gasteiger partial charge in [0.05, 0.1) is 26.4 Å². The third-order valence-electron chi connectivity index (χ3n) is 16.5. The first kappa shape index (κ1) is 95.2. The highest BCUT2D eigenvalue weighted by molar-refractivity contribution is 7.47. The zero-order chi connectivity index (χ0) is 72.3. The van der Waals surface area contributed by atoms with Crippen molar-refractivity contribution in [3.8, 4) is 0 Å². The fourth-order valence-electron chi connectivity index (χ4n) is 10.5. The Hall–Kier alpha value is -3.79. The van der Waals surface area contributed by atoms with Gasteiger partial charge in [-0.3, -0.25) is 32.5 Å². The number of allylic oxidation sites excluding steroid dienone is 18. The number of aliphatic hydroxyl groups excluding tert-OH is 2. The van der Waals surface area contributed by atoms with Gasteiger partial charge in [-0.05, 0) is 109 Å². The van der Waals surface area contributed by atoms with Crippen LogP contribution in [-0.4, -0.2) is 95.9 Å². The molecule has 0 amide bonds. The van der Waals surface area contributed by atoms with Gasteiger partial charge in [-0.25, -0.2) is 9.13 Å². The van der Waals surface area contributed by atoms with Crippen LogP contribution < -0.4 is 0 Å². The van der Waals surface area contributed by atoms with Crippen LogP contribution in [0.3, 0.4) is 0 Å². The lowest BCUT2D eigenvalue weighted by Gasteiger charge is -2.21. The maximum atomic E-state index is 13.0. The number of hydrogen-bond donors (Lipinski definition) is 4. The summed E-state index contributed by atoms with van der Waals surface area (Å²) >= 11 is 0. The van der Waals surface area contributed by atoms with Crippen molar-refractivity contribution in [3.05, 3.63) is 109 Å². The minimum absolute atomic E-state index is 0.103. The second-order valence-corrected chi connectivity index (χ2v) is 29.0. The quantitative estimate of drug-likeness (QED) is 0.0146. The molecule has 4 N–H and O–H groups in total. The van der Waals surface area contributed by atoms with E-state index in [9.17, 15) is 43.5 Å². The van der Waals surface area contributed by atoms with E-state index in [4.69, 9.17) is 32.3 Å². The van der Waals surface area contributed by atoms with Crippen molar-refractivity contribution < 1.29 is 75.8 Å². The highest BCUT2D eigenvalue weighted by Crippen LogP contribution is 2.45. The molecular formula is C81H142O16P2. The van der Waals surface area contributed by atoms with Crippen molar-refractivity contribution in [1.29, 1.82) is 0 Å². The number of carbonyl (C=O) groups excluding carboxylic acids is 3. The molecule has 0 aliphatic rings. The number of esters is 3. The Morgan fingerprint density at radius 2 is 0.535 bits per heavy atom. The number of phosphoric ester groups is 2. The van der Waals surface area contributed by atoms with Crippen molar-refractivity contribution in [2.24, 2.45) is 0 Å². The second-order valence-electron chi connectivity index (χ2n) is 26.1. The van der Waals surface area contributed by atoms with Gasteiger partial charge in [-0.15, -0.1) is 0 Å². The summed E-state index contributed by atoms with van der Waals surface area (Å²) in [7, 11) is -9.79. The molecule has 0 aromatic rings. The summed E-state index contributed by atoms with van der Waals surface area (Å²) in [6, 6.07) is 0. The van der Waals surface area contributed by atoms with Gasteiger partial charge in [-0.1, -0.05) is 310 Å². The lowest BCUT2D eigenvalue weighted by molar-refractivity contribution is -0.161. The highest BCUT2D eigenvalue weighted by Gasteiger charge is 2.29. The molecule has 572 valence electrons. The van der Waals surface area contributed by atoms with Crippen molar-refractivity contribution >= 4 is 33.6 Å². The first-order chi connectivity index (χ1) is 48.2. The summed E-state index contributed by atoms with van der Waals surface area (Å²) in [6.07, 6.45) is 85.5. The van der Waals surface area contributed by atoms with Gasteiger partial charge in [0.1, 0.15) is 25.4 Å². The molecule has 0 aliphatic carbocycles. The smallest absolute Gasteiger partial charge is 0.463 e. The van der Waals surface area contributed by atoms with Crippen LogP contribution in [0.5, 0.6) is 0 Å². The van der Waals surface area contributed by atoms with E-state index in [2.05, 4.69) is 130 Å². The van der Waals surface area contributed by atoms with E-state index >= 15 is 0 Å². The fraction of sp³-hybridized carbons (Fsp3) is 0.741. The topological polar surface area (TPSA) is 231 Å². The molecule has 0 saturated heterocycles. The molecule has 0 rings (SSSR count). The van der Waals surface area contributed by atoms with E-state index in [0.717, 1.165) is 135 Å². The fourth-order valence-corrected chi connectivity index (χ4v) is 12.1. The molecule has 0 saturated carbocycles. The van der Waals surface area contributed by atoms with E-state index in [1.807, 2.05) is 0 Å². The van der Waals surface area contributed by atoms with Gasteiger partial charge < -0.3 is 34.2 Å². The molecule has 0 bridgehead atoms. The maximum Gasteiger partial charge on any atom is 0.472 e. The van der Waals surface area contributed by atoms with Gasteiger partial charge in [-0.2, -0.15) is 0 Å². The zero-order valence-corrected chi connectivity index (χ0v) is 64.2. The number of rotatable bonds is 74. The van der Waals surface area contributed by atoms with E-state index in [0.29, 0.717) is 19.3 Å². The molecule has 16 nitrogen and oxygen atoms in total. The molecule has 18 heteroatoms. The third kappa shape index (κ3) is 75.2. The van der Waals surface area contributed by atoms with E-state index in [1.54, 1.807) is 0 Å². The summed E-state index contributed by atoms with van der Waals surface area (Å²) < 4.78 is 61.1. The highest BCUT2D eigenvalue weighted by atomic mass is 31.2. The Labute approximate surface area is 602 Å². The van der Waals surface area contributed by atoms with Crippen molar-refractivity contribution in [3.63, 3.8) is 0 Å². The van der Waals surface area contributed by atoms with E-state index < -0.39 is 91.5 Å². The number of hydrogen-bond acceptors (Lipinski definition) is 14. The average Bonchev–Trinajstić information content (AvgIpc) is 1.44. The molecule has 99 heavy (non-hydrogen) atoms. The third-order valence-corrected chi connectivity index (χ3v) is 18.4. The first-order valence-corrected chi connectivity index (χ1v) is 42.2. The average molecular weight is 1430 g/mol. The molecule has 5 unspecified atom stereocenters.